The summed E-state index contributed by atoms with van der Waals surface area (Å²) < 4.78 is 25.3. The Labute approximate surface area is 182 Å². The Morgan fingerprint density at radius 3 is 2.53 bits per heavy atom. The van der Waals surface area contributed by atoms with Crippen molar-refractivity contribution in [1.82, 2.24) is 0 Å². The van der Waals surface area contributed by atoms with Crippen LogP contribution in [0.2, 0.25) is 5.02 Å². The van der Waals surface area contributed by atoms with Crippen molar-refractivity contribution < 1.29 is 13.9 Å². The van der Waals surface area contributed by atoms with Crippen LogP contribution >= 0.6 is 11.6 Å². The van der Waals surface area contributed by atoms with Gasteiger partial charge >= 0.3 is 0 Å². The highest BCUT2D eigenvalue weighted by Crippen LogP contribution is 2.31. The minimum absolute atomic E-state index is 0.0429. The summed E-state index contributed by atoms with van der Waals surface area (Å²) in [5.41, 5.74) is 2.00. The van der Waals surface area contributed by atoms with Crippen LogP contribution in [0.1, 0.15) is 36.8 Å². The van der Waals surface area contributed by atoms with E-state index in [9.17, 15) is 4.39 Å². The highest BCUT2D eigenvalue weighted by Gasteiger charge is 2.12. The third kappa shape index (κ3) is 5.78. The second-order valence-corrected chi connectivity index (χ2v) is 7.32. The van der Waals surface area contributed by atoms with Gasteiger partial charge in [-0.25, -0.2) is 4.39 Å². The van der Waals surface area contributed by atoms with Gasteiger partial charge in [0, 0.05) is 5.92 Å². The van der Waals surface area contributed by atoms with E-state index >= 15 is 0 Å². The molecule has 3 rings (SSSR count). The first-order valence-electron chi connectivity index (χ1n) is 10.0. The Bertz CT molecular complexity index is 1010. The van der Waals surface area contributed by atoms with Crippen LogP contribution in [0.3, 0.4) is 0 Å². The zero-order valence-corrected chi connectivity index (χ0v) is 17.7. The molecule has 30 heavy (non-hydrogen) atoms. The average Bonchev–Trinajstić information content (AvgIpc) is 2.76. The molecule has 0 aliphatic heterocycles. The lowest BCUT2D eigenvalue weighted by Gasteiger charge is -2.14. The molecule has 0 N–H and O–H groups in total. The van der Waals surface area contributed by atoms with Gasteiger partial charge < -0.3 is 9.47 Å². The predicted molar refractivity (Wildman–Crippen MR) is 120 cm³/mol. The summed E-state index contributed by atoms with van der Waals surface area (Å²) in [6.07, 6.45) is 8.20. The Morgan fingerprint density at radius 1 is 1.03 bits per heavy atom. The van der Waals surface area contributed by atoms with Crippen LogP contribution in [0.25, 0.3) is 0 Å². The molecule has 1 atom stereocenters. The number of hydrogen-bond acceptors (Lipinski definition) is 2. The second-order valence-electron chi connectivity index (χ2n) is 6.91. The first-order chi connectivity index (χ1) is 14.6. The van der Waals surface area contributed by atoms with Crippen LogP contribution in [0.5, 0.6) is 17.2 Å². The van der Waals surface area contributed by atoms with Crippen molar-refractivity contribution in [2.45, 2.75) is 32.1 Å². The SMILES string of the molecule is C#CC(CCCc1ccc(F)c(Oc2ccccc2)c1)c1ccc(OCC)c(Cl)c1. The molecule has 2 nitrogen and oxygen atoms in total. The molecule has 0 aromatic heterocycles. The Kier molecular flexibility index (Phi) is 7.76. The van der Waals surface area contributed by atoms with E-state index in [0.717, 1.165) is 30.4 Å². The summed E-state index contributed by atoms with van der Waals surface area (Å²) in [6, 6.07) is 19.9. The predicted octanol–water partition coefficient (Wildman–Crippen LogP) is 7.41. The van der Waals surface area contributed by atoms with E-state index < -0.39 is 0 Å². The molecule has 0 aliphatic carbocycles. The number of para-hydroxylation sites is 1. The first kappa shape index (κ1) is 21.7. The van der Waals surface area contributed by atoms with Crippen molar-refractivity contribution in [1.29, 1.82) is 0 Å². The molecule has 0 amide bonds. The fourth-order valence-electron chi connectivity index (χ4n) is 3.26. The van der Waals surface area contributed by atoms with E-state index in [1.54, 1.807) is 24.3 Å². The number of rotatable bonds is 9. The molecule has 0 saturated carbocycles. The molecular formula is C26H24ClFO2. The zero-order chi connectivity index (χ0) is 21.3. The largest absolute Gasteiger partial charge is 0.492 e. The second kappa shape index (κ2) is 10.7. The van der Waals surface area contributed by atoms with Gasteiger partial charge in [0.25, 0.3) is 0 Å². The highest BCUT2D eigenvalue weighted by molar-refractivity contribution is 6.32. The van der Waals surface area contributed by atoms with E-state index in [1.165, 1.54) is 6.07 Å². The van der Waals surface area contributed by atoms with Crippen molar-refractivity contribution in [2.24, 2.45) is 0 Å². The number of halogens is 2. The maximum Gasteiger partial charge on any atom is 0.165 e. The van der Waals surface area contributed by atoms with Gasteiger partial charge in [0.1, 0.15) is 11.5 Å². The molecule has 3 aromatic rings. The van der Waals surface area contributed by atoms with Crippen molar-refractivity contribution in [3.63, 3.8) is 0 Å². The standard InChI is InChI=1S/C26H24ClFO2/c1-3-20(21-14-16-25(29-4-2)23(27)18-21)10-8-9-19-13-15-24(28)26(17-19)30-22-11-6-5-7-12-22/h1,5-7,11-18,20H,4,8-10H2,2H3. The molecule has 1 unspecified atom stereocenters. The molecule has 0 saturated heterocycles. The van der Waals surface area contributed by atoms with E-state index in [-0.39, 0.29) is 17.5 Å². The highest BCUT2D eigenvalue weighted by atomic mass is 35.5. The van der Waals surface area contributed by atoms with Gasteiger partial charge in [0.2, 0.25) is 0 Å². The van der Waals surface area contributed by atoms with Crippen LogP contribution in [-0.2, 0) is 6.42 Å². The molecule has 0 bridgehead atoms. The van der Waals surface area contributed by atoms with Gasteiger partial charge in [-0.2, -0.15) is 0 Å². The van der Waals surface area contributed by atoms with Crippen molar-refractivity contribution >= 4 is 11.6 Å². The number of terminal acetylenes is 1. The van der Waals surface area contributed by atoms with E-state index in [1.807, 2.05) is 43.3 Å². The first-order valence-corrected chi connectivity index (χ1v) is 10.4. The van der Waals surface area contributed by atoms with Crippen molar-refractivity contribution in [3.05, 3.63) is 88.7 Å². The fourth-order valence-corrected chi connectivity index (χ4v) is 3.50. The van der Waals surface area contributed by atoms with E-state index in [4.69, 9.17) is 27.5 Å². The molecule has 154 valence electrons. The van der Waals surface area contributed by atoms with Gasteiger partial charge in [0.15, 0.2) is 11.6 Å². The number of benzene rings is 3. The van der Waals surface area contributed by atoms with Gasteiger partial charge in [-0.05, 0) is 73.7 Å². The van der Waals surface area contributed by atoms with E-state index in [2.05, 4.69) is 5.92 Å². The minimum atomic E-state index is -0.381. The quantitative estimate of drug-likeness (QED) is 0.334. The van der Waals surface area contributed by atoms with Crippen LogP contribution < -0.4 is 9.47 Å². The summed E-state index contributed by atoms with van der Waals surface area (Å²) in [7, 11) is 0. The monoisotopic (exact) mass is 422 g/mol. The van der Waals surface area contributed by atoms with Crippen LogP contribution in [-0.4, -0.2) is 6.61 Å². The topological polar surface area (TPSA) is 18.5 Å². The fraction of sp³-hybridized carbons (Fsp3) is 0.231. The summed E-state index contributed by atoms with van der Waals surface area (Å²) in [5, 5.41) is 0.566. The maximum absolute atomic E-state index is 14.1. The minimum Gasteiger partial charge on any atom is -0.492 e. The number of ether oxygens (including phenoxy) is 2. The average molecular weight is 423 g/mol. The molecular weight excluding hydrogens is 399 g/mol. The van der Waals surface area contributed by atoms with Gasteiger partial charge in [-0.15, -0.1) is 6.42 Å². The molecule has 0 aliphatic rings. The molecule has 0 fully saturated rings. The van der Waals surface area contributed by atoms with Gasteiger partial charge in [-0.1, -0.05) is 47.9 Å². The Hall–Kier alpha value is -2.96. The van der Waals surface area contributed by atoms with Crippen LogP contribution in [0.4, 0.5) is 4.39 Å². The lowest BCUT2D eigenvalue weighted by atomic mass is 9.93. The van der Waals surface area contributed by atoms with Gasteiger partial charge in [-0.3, -0.25) is 0 Å². The van der Waals surface area contributed by atoms with Crippen molar-refractivity contribution in [2.75, 3.05) is 6.61 Å². The lowest BCUT2D eigenvalue weighted by molar-refractivity contribution is 0.340. The Balaban J connectivity index is 1.62. The van der Waals surface area contributed by atoms with E-state index in [0.29, 0.717) is 23.1 Å². The smallest absolute Gasteiger partial charge is 0.165 e. The normalized spacial score (nSPS) is 11.5. The summed E-state index contributed by atoms with van der Waals surface area (Å²) in [5.74, 6) is 3.92. The summed E-state index contributed by atoms with van der Waals surface area (Å²) in [6.45, 7) is 2.48. The van der Waals surface area contributed by atoms with Crippen LogP contribution in [0, 0.1) is 18.2 Å². The number of hydrogen-bond donors (Lipinski definition) is 0. The Morgan fingerprint density at radius 2 is 1.83 bits per heavy atom. The summed E-state index contributed by atoms with van der Waals surface area (Å²) >= 11 is 6.29. The maximum atomic E-state index is 14.1. The number of aryl methyl sites for hydroxylation is 1. The lowest BCUT2D eigenvalue weighted by Crippen LogP contribution is -1.99. The molecule has 0 radical (unpaired) electrons. The molecule has 0 heterocycles. The summed E-state index contributed by atoms with van der Waals surface area (Å²) in [4.78, 5) is 0. The van der Waals surface area contributed by atoms with Gasteiger partial charge in [0.05, 0.1) is 11.6 Å². The van der Waals surface area contributed by atoms with Crippen LogP contribution in [0.15, 0.2) is 66.7 Å². The molecule has 0 spiro atoms. The zero-order valence-electron chi connectivity index (χ0n) is 16.9. The molecule has 3 aromatic carbocycles. The third-order valence-electron chi connectivity index (χ3n) is 4.78. The third-order valence-corrected chi connectivity index (χ3v) is 5.08. The van der Waals surface area contributed by atoms with Crippen molar-refractivity contribution in [3.8, 4) is 29.6 Å². The molecule has 4 heteroatoms.